The lowest BCUT2D eigenvalue weighted by Gasteiger charge is -2.01. The van der Waals surface area contributed by atoms with Crippen molar-refractivity contribution in [3.8, 4) is 11.3 Å². The molecule has 0 atom stereocenters. The molecule has 0 amide bonds. The van der Waals surface area contributed by atoms with Gasteiger partial charge in [-0.1, -0.05) is 12.1 Å². The van der Waals surface area contributed by atoms with Crippen LogP contribution in [0, 0.1) is 13.8 Å². The van der Waals surface area contributed by atoms with E-state index in [1.165, 1.54) is 22.0 Å². The summed E-state index contributed by atoms with van der Waals surface area (Å²) >= 11 is 0. The predicted molar refractivity (Wildman–Crippen MR) is 69.8 cm³/mol. The van der Waals surface area contributed by atoms with E-state index < -0.39 is 0 Å². The number of aromatic amines is 2. The van der Waals surface area contributed by atoms with E-state index in [9.17, 15) is 0 Å². The molecule has 2 aromatic heterocycles. The van der Waals surface area contributed by atoms with Crippen LogP contribution in [0.1, 0.15) is 11.1 Å². The number of nitrogens with one attached hydrogen (secondary N) is 2. The van der Waals surface area contributed by atoms with Crippen LogP contribution in [0.4, 0.5) is 5.82 Å². The molecule has 86 valence electrons. The van der Waals surface area contributed by atoms with Gasteiger partial charge in [0.25, 0.3) is 0 Å². The molecule has 0 unspecified atom stereocenters. The van der Waals surface area contributed by atoms with E-state index in [1.807, 2.05) is 12.3 Å². The Hall–Kier alpha value is -2.23. The van der Waals surface area contributed by atoms with Crippen LogP contribution in [0.15, 0.2) is 24.4 Å². The van der Waals surface area contributed by atoms with Crippen LogP contribution in [-0.4, -0.2) is 15.2 Å². The molecule has 4 nitrogen and oxygen atoms in total. The molecule has 4 N–H and O–H groups in total. The first kappa shape index (κ1) is 9.96. The third-order valence-corrected chi connectivity index (χ3v) is 3.27. The van der Waals surface area contributed by atoms with E-state index in [4.69, 9.17) is 5.73 Å². The molecule has 3 aromatic rings. The number of aromatic nitrogens is 3. The number of nitrogens with zero attached hydrogens (tertiary/aromatic N) is 1. The molecule has 2 heterocycles. The summed E-state index contributed by atoms with van der Waals surface area (Å²) < 4.78 is 0. The van der Waals surface area contributed by atoms with Gasteiger partial charge in [0.2, 0.25) is 0 Å². The van der Waals surface area contributed by atoms with E-state index in [0.717, 1.165) is 11.3 Å². The van der Waals surface area contributed by atoms with E-state index in [-0.39, 0.29) is 0 Å². The molecule has 0 bridgehead atoms. The third kappa shape index (κ3) is 1.41. The summed E-state index contributed by atoms with van der Waals surface area (Å²) in [7, 11) is 0. The summed E-state index contributed by atoms with van der Waals surface area (Å²) in [5.41, 5.74) is 11.4. The second-order valence-electron chi connectivity index (χ2n) is 4.34. The van der Waals surface area contributed by atoms with E-state index in [1.54, 1.807) is 0 Å². The van der Waals surface area contributed by atoms with Gasteiger partial charge in [0.15, 0.2) is 0 Å². The summed E-state index contributed by atoms with van der Waals surface area (Å²) in [6.07, 6.45) is 1.99. The minimum absolute atomic E-state index is 0.512. The summed E-state index contributed by atoms with van der Waals surface area (Å²) in [5, 5.41) is 8.09. The molecule has 0 saturated carbocycles. The number of hydrogen-bond donors (Lipinski definition) is 3. The van der Waals surface area contributed by atoms with Crippen LogP contribution in [-0.2, 0) is 0 Å². The lowest BCUT2D eigenvalue weighted by atomic mass is 10.0. The monoisotopic (exact) mass is 226 g/mol. The normalized spacial score (nSPS) is 11.2. The first-order chi connectivity index (χ1) is 8.16. The van der Waals surface area contributed by atoms with E-state index >= 15 is 0 Å². The van der Waals surface area contributed by atoms with Gasteiger partial charge in [-0.05, 0) is 25.0 Å². The number of anilines is 1. The van der Waals surface area contributed by atoms with Crippen LogP contribution >= 0.6 is 0 Å². The van der Waals surface area contributed by atoms with Crippen molar-refractivity contribution in [3.63, 3.8) is 0 Å². The Bertz CT molecular complexity index is 691. The fourth-order valence-electron chi connectivity index (χ4n) is 2.15. The zero-order valence-electron chi connectivity index (χ0n) is 9.83. The molecule has 4 heteroatoms. The first-order valence-electron chi connectivity index (χ1n) is 5.55. The third-order valence-electron chi connectivity index (χ3n) is 3.27. The van der Waals surface area contributed by atoms with Crippen molar-refractivity contribution in [2.75, 3.05) is 5.73 Å². The molecule has 0 aliphatic rings. The number of nitrogen functional groups attached to an aromatic ring is 1. The Balaban J connectivity index is 2.29. The van der Waals surface area contributed by atoms with Crippen LogP contribution in [0.2, 0.25) is 0 Å². The lowest BCUT2D eigenvalue weighted by molar-refractivity contribution is 1.10. The van der Waals surface area contributed by atoms with E-state index in [2.05, 4.69) is 41.2 Å². The Labute approximate surface area is 98.8 Å². The van der Waals surface area contributed by atoms with Crippen molar-refractivity contribution in [2.45, 2.75) is 13.8 Å². The van der Waals surface area contributed by atoms with E-state index in [0.29, 0.717) is 5.82 Å². The fraction of sp³-hybridized carbons (Fsp3) is 0.154. The molecule has 0 aliphatic heterocycles. The molecule has 0 aliphatic carbocycles. The smallest absolute Gasteiger partial charge is 0.145 e. The molecule has 17 heavy (non-hydrogen) atoms. The van der Waals surface area contributed by atoms with Crippen molar-refractivity contribution in [1.82, 2.24) is 15.2 Å². The molecule has 3 rings (SSSR count). The average molecular weight is 226 g/mol. The van der Waals surface area contributed by atoms with Gasteiger partial charge in [0.05, 0.1) is 5.69 Å². The second kappa shape index (κ2) is 3.38. The minimum atomic E-state index is 0.512. The minimum Gasteiger partial charge on any atom is -0.382 e. The Morgan fingerprint density at radius 2 is 2.06 bits per heavy atom. The number of aryl methyl sites for hydroxylation is 2. The van der Waals surface area contributed by atoms with Crippen molar-refractivity contribution in [2.24, 2.45) is 0 Å². The standard InChI is InChI=1S/C13H14N4/c1-7-3-4-9-10(6-15-13(9)8(7)2)11-5-12(14)17-16-11/h3-6,15H,1-2H3,(H3,14,16,17). The van der Waals surface area contributed by atoms with Gasteiger partial charge in [-0.3, -0.25) is 5.10 Å². The number of H-pyrrole nitrogens is 2. The highest BCUT2D eigenvalue weighted by Crippen LogP contribution is 2.30. The predicted octanol–water partition coefficient (Wildman–Crippen LogP) is 2.76. The van der Waals surface area contributed by atoms with Gasteiger partial charge >= 0.3 is 0 Å². The van der Waals surface area contributed by atoms with Gasteiger partial charge in [-0.2, -0.15) is 5.10 Å². The zero-order valence-corrected chi connectivity index (χ0v) is 9.83. The maximum Gasteiger partial charge on any atom is 0.145 e. The number of rotatable bonds is 1. The summed E-state index contributed by atoms with van der Waals surface area (Å²) in [6, 6.07) is 6.10. The van der Waals surface area contributed by atoms with Crippen molar-refractivity contribution >= 4 is 16.7 Å². The molecular formula is C13H14N4. The Kier molecular flexibility index (Phi) is 1.98. The highest BCUT2D eigenvalue weighted by atomic mass is 15.2. The highest BCUT2D eigenvalue weighted by molar-refractivity contribution is 5.96. The fourth-order valence-corrected chi connectivity index (χ4v) is 2.15. The summed E-state index contributed by atoms with van der Waals surface area (Å²) in [4.78, 5) is 3.32. The summed E-state index contributed by atoms with van der Waals surface area (Å²) in [5.74, 6) is 0.512. The van der Waals surface area contributed by atoms with Gasteiger partial charge < -0.3 is 10.7 Å². The van der Waals surface area contributed by atoms with Gasteiger partial charge in [0, 0.05) is 28.7 Å². The largest absolute Gasteiger partial charge is 0.382 e. The van der Waals surface area contributed by atoms with Crippen LogP contribution < -0.4 is 5.73 Å². The molecule has 1 aromatic carbocycles. The molecule has 0 saturated heterocycles. The summed E-state index contributed by atoms with van der Waals surface area (Å²) in [6.45, 7) is 4.24. The molecule has 0 radical (unpaired) electrons. The average Bonchev–Trinajstić information content (AvgIpc) is 2.89. The van der Waals surface area contributed by atoms with Gasteiger partial charge in [-0.25, -0.2) is 0 Å². The Morgan fingerprint density at radius 3 is 2.76 bits per heavy atom. The van der Waals surface area contributed by atoms with Crippen LogP contribution in [0.3, 0.4) is 0 Å². The molecule has 0 spiro atoms. The SMILES string of the molecule is Cc1ccc2c(-c3cc(N)n[nH]3)c[nH]c2c1C. The highest BCUT2D eigenvalue weighted by Gasteiger charge is 2.10. The Morgan fingerprint density at radius 1 is 1.24 bits per heavy atom. The van der Waals surface area contributed by atoms with Crippen molar-refractivity contribution in [1.29, 1.82) is 0 Å². The maximum atomic E-state index is 5.63. The second-order valence-corrected chi connectivity index (χ2v) is 4.34. The van der Waals surface area contributed by atoms with Gasteiger partial charge in [-0.15, -0.1) is 0 Å². The van der Waals surface area contributed by atoms with Crippen LogP contribution in [0.25, 0.3) is 22.2 Å². The van der Waals surface area contributed by atoms with Crippen molar-refractivity contribution < 1.29 is 0 Å². The molecule has 0 fully saturated rings. The number of benzene rings is 1. The number of nitrogens with two attached hydrogens (primary N) is 1. The number of fused-ring (bicyclic) bond motifs is 1. The number of hydrogen-bond acceptors (Lipinski definition) is 2. The zero-order chi connectivity index (χ0) is 12.0. The first-order valence-corrected chi connectivity index (χ1v) is 5.55. The lowest BCUT2D eigenvalue weighted by Crippen LogP contribution is -1.82. The van der Waals surface area contributed by atoms with Crippen LogP contribution in [0.5, 0.6) is 0 Å². The quantitative estimate of drug-likeness (QED) is 0.597. The molecular weight excluding hydrogens is 212 g/mol. The van der Waals surface area contributed by atoms with Crippen molar-refractivity contribution in [3.05, 3.63) is 35.5 Å². The maximum absolute atomic E-state index is 5.63. The van der Waals surface area contributed by atoms with Gasteiger partial charge in [0.1, 0.15) is 5.82 Å². The topological polar surface area (TPSA) is 70.5 Å².